The third kappa shape index (κ3) is 2.95. The zero-order valence-electron chi connectivity index (χ0n) is 10.5. The van der Waals surface area contributed by atoms with Gasteiger partial charge in [0.1, 0.15) is 0 Å². The summed E-state index contributed by atoms with van der Waals surface area (Å²) in [4.78, 5) is 34.1. The molecular weight excluding hydrogens is 258 g/mol. The summed E-state index contributed by atoms with van der Waals surface area (Å²) in [7, 11) is 0. The lowest BCUT2D eigenvalue weighted by Crippen LogP contribution is -2.17. The van der Waals surface area contributed by atoms with Crippen molar-refractivity contribution >= 4 is 17.3 Å². The number of nitrogens with zero attached hydrogens (tertiary/aromatic N) is 1. The second kappa shape index (κ2) is 5.88. The number of carbonyl (C=O) groups excluding carboxylic acids is 2. The minimum Gasteiger partial charge on any atom is -0.290 e. The van der Waals surface area contributed by atoms with Gasteiger partial charge < -0.3 is 0 Å². The van der Waals surface area contributed by atoms with E-state index in [1.165, 1.54) is 18.2 Å². The first-order chi connectivity index (χ1) is 9.59. The highest BCUT2D eigenvalue weighted by Gasteiger charge is 2.21. The lowest BCUT2D eigenvalue weighted by atomic mass is 10.0. The summed E-state index contributed by atoms with van der Waals surface area (Å²) in [6.07, 6.45) is -0.273. The molecule has 100 valence electrons. The van der Waals surface area contributed by atoms with Gasteiger partial charge in [0.2, 0.25) is 11.6 Å². The third-order valence-electron chi connectivity index (χ3n) is 2.83. The Labute approximate surface area is 115 Å². The van der Waals surface area contributed by atoms with Crippen molar-refractivity contribution in [2.45, 2.75) is 6.42 Å². The van der Waals surface area contributed by atoms with E-state index in [9.17, 15) is 19.7 Å². The molecule has 0 aromatic heterocycles. The average molecular weight is 269 g/mol. The minimum absolute atomic E-state index is 0.151. The summed E-state index contributed by atoms with van der Waals surface area (Å²) in [5, 5.41) is 10.9. The van der Waals surface area contributed by atoms with Crippen molar-refractivity contribution in [3.05, 3.63) is 75.8 Å². The Morgan fingerprint density at radius 2 is 1.55 bits per heavy atom. The molecular formula is C15H11NO4. The van der Waals surface area contributed by atoms with Crippen molar-refractivity contribution in [1.82, 2.24) is 0 Å². The number of nitro groups is 1. The van der Waals surface area contributed by atoms with Gasteiger partial charge in [-0.05, 0) is 0 Å². The van der Waals surface area contributed by atoms with E-state index in [2.05, 4.69) is 0 Å². The maximum atomic E-state index is 11.9. The molecule has 0 atom stereocenters. The van der Waals surface area contributed by atoms with Crippen LogP contribution in [0.25, 0.3) is 0 Å². The molecule has 2 aromatic carbocycles. The molecule has 5 nitrogen and oxygen atoms in total. The summed E-state index contributed by atoms with van der Waals surface area (Å²) in [6.45, 7) is 0. The van der Waals surface area contributed by atoms with E-state index in [1.807, 2.05) is 0 Å². The number of hydrogen-bond donors (Lipinski definition) is 0. The van der Waals surface area contributed by atoms with E-state index in [4.69, 9.17) is 0 Å². The van der Waals surface area contributed by atoms with Crippen molar-refractivity contribution < 1.29 is 14.5 Å². The topological polar surface area (TPSA) is 77.3 Å². The third-order valence-corrected chi connectivity index (χ3v) is 2.83. The van der Waals surface area contributed by atoms with Crippen LogP contribution in [0.3, 0.4) is 0 Å². The Morgan fingerprint density at radius 1 is 0.950 bits per heavy atom. The molecule has 0 spiro atoms. The summed E-state index contributed by atoms with van der Waals surface area (Å²) in [5.41, 5.74) is 0.379. The molecule has 0 aliphatic heterocycles. The highest BCUT2D eigenvalue weighted by Crippen LogP contribution is 2.18. The molecule has 5 heteroatoms. The number of benzene rings is 2. The quantitative estimate of drug-likeness (QED) is 0.362. The minimum atomic E-state index is -0.662. The number of para-hydroxylation sites is 1. The van der Waals surface area contributed by atoms with Gasteiger partial charge in [0.25, 0.3) is 5.69 Å². The van der Waals surface area contributed by atoms with Crippen molar-refractivity contribution in [2.75, 3.05) is 0 Å². The Morgan fingerprint density at radius 3 is 2.20 bits per heavy atom. The van der Waals surface area contributed by atoms with Gasteiger partial charge in [-0.1, -0.05) is 48.5 Å². The zero-order chi connectivity index (χ0) is 14.5. The van der Waals surface area contributed by atoms with Crippen molar-refractivity contribution in [2.24, 2.45) is 0 Å². The summed E-state index contributed by atoms with van der Waals surface area (Å²) in [5.74, 6) is -1.30. The van der Waals surface area contributed by atoms with E-state index < -0.39 is 16.5 Å². The second-order valence-electron chi connectivity index (χ2n) is 4.18. The van der Waals surface area contributed by atoms with E-state index in [-0.39, 0.29) is 23.2 Å². The molecule has 0 bridgehead atoms. The van der Waals surface area contributed by atoms with Gasteiger partial charge in [0, 0.05) is 23.6 Å². The SMILES string of the molecule is O=C(Cc1ccccc1[N+](=O)[O-])C(=O)c1ccccc1. The standard InChI is InChI=1S/C15H11NO4/c17-14(15(18)11-6-2-1-3-7-11)10-12-8-4-5-9-13(12)16(19)20/h1-9H,10H2. The van der Waals surface area contributed by atoms with Gasteiger partial charge in [0.15, 0.2) is 0 Å². The maximum absolute atomic E-state index is 11.9. The molecule has 0 radical (unpaired) electrons. The normalized spacial score (nSPS) is 10.0. The van der Waals surface area contributed by atoms with Crippen LogP contribution in [0, 0.1) is 10.1 Å². The number of Topliss-reactive ketones (excluding diaryl/α,β-unsaturated/α-hetero) is 2. The second-order valence-corrected chi connectivity index (χ2v) is 4.18. The highest BCUT2D eigenvalue weighted by molar-refractivity contribution is 6.44. The maximum Gasteiger partial charge on any atom is 0.273 e. The first-order valence-electron chi connectivity index (χ1n) is 5.94. The van der Waals surface area contributed by atoms with Crippen LogP contribution in [0.15, 0.2) is 54.6 Å². The highest BCUT2D eigenvalue weighted by atomic mass is 16.6. The first-order valence-corrected chi connectivity index (χ1v) is 5.94. The first kappa shape index (κ1) is 13.6. The molecule has 0 N–H and O–H groups in total. The average Bonchev–Trinajstić information content (AvgIpc) is 2.47. The fourth-order valence-corrected chi connectivity index (χ4v) is 1.84. The molecule has 0 saturated carbocycles. The lowest BCUT2D eigenvalue weighted by Gasteiger charge is -2.02. The van der Waals surface area contributed by atoms with Crippen LogP contribution < -0.4 is 0 Å². The summed E-state index contributed by atoms with van der Waals surface area (Å²) < 4.78 is 0. The molecule has 2 rings (SSSR count). The van der Waals surface area contributed by atoms with Crippen LogP contribution in [-0.2, 0) is 11.2 Å². The predicted octanol–water partition coefficient (Wildman–Crippen LogP) is 2.59. The fourth-order valence-electron chi connectivity index (χ4n) is 1.84. The largest absolute Gasteiger partial charge is 0.290 e. The van der Waals surface area contributed by atoms with Crippen LogP contribution >= 0.6 is 0 Å². The fraction of sp³-hybridized carbons (Fsp3) is 0.0667. The summed E-state index contributed by atoms with van der Waals surface area (Å²) in [6, 6.07) is 14.1. The van der Waals surface area contributed by atoms with Crippen molar-refractivity contribution in [3.63, 3.8) is 0 Å². The number of hydrogen-bond acceptors (Lipinski definition) is 4. The van der Waals surface area contributed by atoms with E-state index >= 15 is 0 Å². The Balaban J connectivity index is 2.21. The Kier molecular flexibility index (Phi) is 4.00. The van der Waals surface area contributed by atoms with Gasteiger partial charge in [0.05, 0.1) is 4.92 Å². The number of carbonyl (C=O) groups is 2. The molecule has 2 aromatic rings. The molecule has 0 aliphatic rings. The lowest BCUT2D eigenvalue weighted by molar-refractivity contribution is -0.385. The van der Waals surface area contributed by atoms with Gasteiger partial charge in [-0.3, -0.25) is 19.7 Å². The van der Waals surface area contributed by atoms with Crippen molar-refractivity contribution in [1.29, 1.82) is 0 Å². The molecule has 0 heterocycles. The Hall–Kier alpha value is -2.82. The van der Waals surface area contributed by atoms with E-state index in [0.29, 0.717) is 0 Å². The number of rotatable bonds is 5. The van der Waals surface area contributed by atoms with Crippen LogP contribution in [-0.4, -0.2) is 16.5 Å². The monoisotopic (exact) mass is 269 g/mol. The van der Waals surface area contributed by atoms with Gasteiger partial charge in [-0.2, -0.15) is 0 Å². The predicted molar refractivity (Wildman–Crippen MR) is 72.6 cm³/mol. The Bertz CT molecular complexity index is 665. The van der Waals surface area contributed by atoms with Gasteiger partial charge in [-0.15, -0.1) is 0 Å². The smallest absolute Gasteiger partial charge is 0.273 e. The molecule has 0 unspecified atom stereocenters. The van der Waals surface area contributed by atoms with Gasteiger partial charge in [-0.25, -0.2) is 0 Å². The van der Waals surface area contributed by atoms with Gasteiger partial charge >= 0.3 is 0 Å². The molecule has 0 aliphatic carbocycles. The van der Waals surface area contributed by atoms with Crippen molar-refractivity contribution in [3.8, 4) is 0 Å². The number of nitro benzene ring substituents is 1. The molecule has 0 fully saturated rings. The van der Waals surface area contributed by atoms with E-state index in [1.54, 1.807) is 36.4 Å². The molecule has 0 saturated heterocycles. The van der Waals surface area contributed by atoms with Crippen LogP contribution in [0.2, 0.25) is 0 Å². The van der Waals surface area contributed by atoms with Crippen LogP contribution in [0.4, 0.5) is 5.69 Å². The van der Waals surface area contributed by atoms with Crippen LogP contribution in [0.1, 0.15) is 15.9 Å². The van der Waals surface area contributed by atoms with E-state index in [0.717, 1.165) is 0 Å². The number of ketones is 2. The van der Waals surface area contributed by atoms with Crippen LogP contribution in [0.5, 0.6) is 0 Å². The summed E-state index contributed by atoms with van der Waals surface area (Å²) >= 11 is 0. The molecule has 20 heavy (non-hydrogen) atoms. The molecule has 0 amide bonds. The zero-order valence-corrected chi connectivity index (χ0v) is 10.5.